The van der Waals surface area contributed by atoms with Crippen LogP contribution in [-0.2, 0) is 0 Å². The number of hydrazone groups is 1. The largest absolute Gasteiger partial charge is 0.504 e. The van der Waals surface area contributed by atoms with Crippen LogP contribution in [0.15, 0.2) is 58.3 Å². The number of nitrogens with zero attached hydrogens (tertiary/aromatic N) is 6. The van der Waals surface area contributed by atoms with Gasteiger partial charge in [0.15, 0.2) is 17.2 Å². The highest BCUT2D eigenvalue weighted by Crippen LogP contribution is 2.26. The van der Waals surface area contributed by atoms with E-state index in [2.05, 4.69) is 35.8 Å². The number of aromatic hydroxyl groups is 2. The Bertz CT molecular complexity index is 1230. The van der Waals surface area contributed by atoms with Gasteiger partial charge in [-0.1, -0.05) is 35.5 Å². The summed E-state index contributed by atoms with van der Waals surface area (Å²) in [5.74, 6) is -1.15. The number of rotatable bonds is 5. The first-order valence-electron chi connectivity index (χ1n) is 8.49. The first-order valence-corrected chi connectivity index (χ1v) is 8.49. The predicted octanol–water partition coefficient (Wildman–Crippen LogP) is 1.07. The molecule has 0 unspecified atom stereocenters. The number of phenols is 2. The fourth-order valence-electron chi connectivity index (χ4n) is 2.62. The Balaban J connectivity index is 1.66. The lowest BCUT2D eigenvalue weighted by atomic mass is 10.1. The number of phenolic OH excluding ortho intramolecular Hbond substituents is 2. The molecule has 150 valence electrons. The summed E-state index contributed by atoms with van der Waals surface area (Å²) in [6.07, 6.45) is 1.29. The summed E-state index contributed by atoms with van der Waals surface area (Å²) in [6, 6.07) is 13.0. The minimum absolute atomic E-state index is 0.0193. The number of aromatic nitrogens is 5. The number of amides is 1. The molecule has 0 saturated carbocycles. The van der Waals surface area contributed by atoms with Crippen molar-refractivity contribution >= 4 is 17.9 Å². The molecule has 30 heavy (non-hydrogen) atoms. The smallest absolute Gasteiger partial charge is 0.294 e. The van der Waals surface area contributed by atoms with Crippen molar-refractivity contribution in [1.82, 2.24) is 30.7 Å². The molecule has 4 rings (SSSR count). The molecule has 0 aliphatic carbocycles. The van der Waals surface area contributed by atoms with Crippen molar-refractivity contribution in [3.05, 3.63) is 59.8 Å². The lowest BCUT2D eigenvalue weighted by molar-refractivity contribution is 0.0950. The minimum Gasteiger partial charge on any atom is -0.504 e. The van der Waals surface area contributed by atoms with Crippen LogP contribution in [0.1, 0.15) is 16.1 Å². The van der Waals surface area contributed by atoms with E-state index in [1.165, 1.54) is 29.1 Å². The quantitative estimate of drug-likeness (QED) is 0.214. The van der Waals surface area contributed by atoms with E-state index < -0.39 is 5.91 Å². The maximum absolute atomic E-state index is 12.7. The topological polar surface area (TPSA) is 178 Å². The highest BCUT2D eigenvalue weighted by atomic mass is 16.6. The van der Waals surface area contributed by atoms with Gasteiger partial charge in [-0.2, -0.15) is 9.78 Å². The summed E-state index contributed by atoms with van der Waals surface area (Å²) in [5.41, 5.74) is 9.46. The Morgan fingerprint density at radius 1 is 1.13 bits per heavy atom. The zero-order valence-corrected chi connectivity index (χ0v) is 15.2. The normalized spacial score (nSPS) is 11.1. The Hall–Kier alpha value is -4.74. The second-order valence-electron chi connectivity index (χ2n) is 5.98. The first kappa shape index (κ1) is 18.6. The van der Waals surface area contributed by atoms with Gasteiger partial charge in [-0.25, -0.2) is 10.1 Å². The highest BCUT2D eigenvalue weighted by Gasteiger charge is 2.24. The van der Waals surface area contributed by atoms with E-state index in [0.29, 0.717) is 16.8 Å². The van der Waals surface area contributed by atoms with Gasteiger partial charge in [-0.15, -0.1) is 5.10 Å². The number of nitrogen functional groups attached to an aromatic ring is 1. The zero-order chi connectivity index (χ0) is 21.1. The fourth-order valence-corrected chi connectivity index (χ4v) is 2.62. The fraction of sp³-hybridized carbons (Fsp3) is 0. The van der Waals surface area contributed by atoms with Crippen LogP contribution < -0.4 is 11.2 Å². The van der Waals surface area contributed by atoms with E-state index in [-0.39, 0.29) is 28.8 Å². The number of carbonyl (C=O) groups is 1. The summed E-state index contributed by atoms with van der Waals surface area (Å²) in [4.78, 5) is 12.7. The number of benzene rings is 2. The Kier molecular flexibility index (Phi) is 4.78. The standard InChI is InChI=1S/C18H14N8O4/c19-16-17(24-30-23-16)26-15(11-4-2-1-3-5-11)14(21-25-26)18(29)22-20-9-10-6-7-12(27)13(28)8-10/h1-9,27-28H,(H2,19,23)(H,22,29)/b20-9-. The second kappa shape index (κ2) is 7.71. The third-order valence-corrected chi connectivity index (χ3v) is 4.01. The third-order valence-electron chi connectivity index (χ3n) is 4.01. The lowest BCUT2D eigenvalue weighted by Gasteiger charge is -2.05. The van der Waals surface area contributed by atoms with Crippen LogP contribution in [-0.4, -0.2) is 47.6 Å². The zero-order valence-electron chi connectivity index (χ0n) is 15.2. The van der Waals surface area contributed by atoms with Crippen LogP contribution in [0.25, 0.3) is 17.1 Å². The van der Waals surface area contributed by atoms with Crippen molar-refractivity contribution in [2.75, 3.05) is 5.73 Å². The molecule has 0 atom stereocenters. The molecule has 5 N–H and O–H groups in total. The van der Waals surface area contributed by atoms with Gasteiger partial charge in [0, 0.05) is 5.56 Å². The van der Waals surface area contributed by atoms with Gasteiger partial charge in [-0.3, -0.25) is 4.79 Å². The molecule has 0 saturated heterocycles. The summed E-state index contributed by atoms with van der Waals surface area (Å²) in [6.45, 7) is 0. The highest BCUT2D eigenvalue weighted by molar-refractivity contribution is 5.98. The van der Waals surface area contributed by atoms with Gasteiger partial charge in [-0.05, 0) is 34.1 Å². The van der Waals surface area contributed by atoms with Crippen molar-refractivity contribution in [1.29, 1.82) is 0 Å². The van der Waals surface area contributed by atoms with Crippen LogP contribution in [0.5, 0.6) is 11.5 Å². The molecule has 0 radical (unpaired) electrons. The molecule has 1 amide bonds. The van der Waals surface area contributed by atoms with E-state index >= 15 is 0 Å². The Morgan fingerprint density at radius 3 is 2.63 bits per heavy atom. The number of anilines is 1. The van der Waals surface area contributed by atoms with Crippen LogP contribution >= 0.6 is 0 Å². The van der Waals surface area contributed by atoms with E-state index in [1.54, 1.807) is 24.3 Å². The number of hydrogen-bond donors (Lipinski definition) is 4. The molecule has 12 nitrogen and oxygen atoms in total. The lowest BCUT2D eigenvalue weighted by Crippen LogP contribution is -2.19. The second-order valence-corrected chi connectivity index (χ2v) is 5.98. The van der Waals surface area contributed by atoms with Crippen molar-refractivity contribution in [3.63, 3.8) is 0 Å². The molecule has 0 aliphatic heterocycles. The van der Waals surface area contributed by atoms with E-state index in [9.17, 15) is 15.0 Å². The summed E-state index contributed by atoms with van der Waals surface area (Å²) in [5, 5.41) is 37.8. The van der Waals surface area contributed by atoms with Crippen molar-refractivity contribution < 1.29 is 19.6 Å². The first-order chi connectivity index (χ1) is 14.5. The third kappa shape index (κ3) is 3.52. The predicted molar refractivity (Wildman–Crippen MR) is 104 cm³/mol. The average Bonchev–Trinajstić information content (AvgIpc) is 3.37. The van der Waals surface area contributed by atoms with E-state index in [4.69, 9.17) is 5.73 Å². The minimum atomic E-state index is -0.644. The molecule has 0 bridgehead atoms. The molecule has 0 aliphatic rings. The number of carbonyl (C=O) groups excluding carboxylic acids is 1. The van der Waals surface area contributed by atoms with Gasteiger partial charge >= 0.3 is 0 Å². The van der Waals surface area contributed by atoms with Crippen LogP contribution in [0.3, 0.4) is 0 Å². The Morgan fingerprint density at radius 2 is 1.93 bits per heavy atom. The molecule has 0 spiro atoms. The van der Waals surface area contributed by atoms with Crippen LogP contribution in [0.2, 0.25) is 0 Å². The summed E-state index contributed by atoms with van der Waals surface area (Å²) >= 11 is 0. The molecule has 2 aromatic carbocycles. The van der Waals surface area contributed by atoms with Crippen LogP contribution in [0.4, 0.5) is 5.82 Å². The van der Waals surface area contributed by atoms with Crippen molar-refractivity contribution in [2.24, 2.45) is 5.10 Å². The van der Waals surface area contributed by atoms with Crippen molar-refractivity contribution in [3.8, 4) is 28.6 Å². The SMILES string of the molecule is Nc1nonc1-n1nnc(C(=O)N/N=C\c2ccc(O)c(O)c2)c1-c1ccccc1. The molecule has 2 heterocycles. The molecular formula is C18H14N8O4. The number of nitrogens with one attached hydrogen (secondary N) is 1. The van der Waals surface area contributed by atoms with Crippen LogP contribution in [0, 0.1) is 0 Å². The van der Waals surface area contributed by atoms with Crippen molar-refractivity contribution in [2.45, 2.75) is 0 Å². The average molecular weight is 406 g/mol. The summed E-state index contributed by atoms with van der Waals surface area (Å²) < 4.78 is 5.86. The molecule has 4 aromatic rings. The van der Waals surface area contributed by atoms with Gasteiger partial charge in [0.2, 0.25) is 11.6 Å². The van der Waals surface area contributed by atoms with E-state index in [1.807, 2.05) is 6.07 Å². The molecular weight excluding hydrogens is 392 g/mol. The van der Waals surface area contributed by atoms with Gasteiger partial charge in [0.05, 0.1) is 6.21 Å². The Labute approximate surface area is 168 Å². The van der Waals surface area contributed by atoms with E-state index in [0.717, 1.165) is 0 Å². The van der Waals surface area contributed by atoms with Gasteiger partial charge < -0.3 is 15.9 Å². The number of hydrogen-bond acceptors (Lipinski definition) is 10. The van der Waals surface area contributed by atoms with Gasteiger partial charge in [0.25, 0.3) is 5.91 Å². The molecule has 12 heteroatoms. The van der Waals surface area contributed by atoms with Gasteiger partial charge in [0.1, 0.15) is 5.69 Å². The maximum atomic E-state index is 12.7. The number of nitrogens with two attached hydrogens (primary N) is 1. The maximum Gasteiger partial charge on any atom is 0.294 e. The summed E-state index contributed by atoms with van der Waals surface area (Å²) in [7, 11) is 0. The monoisotopic (exact) mass is 406 g/mol. The molecule has 0 fully saturated rings. The molecule has 2 aromatic heterocycles.